The number of carboxylic acids is 1. The van der Waals surface area contributed by atoms with Gasteiger partial charge in [0.05, 0.1) is 5.41 Å². The third-order valence-electron chi connectivity index (χ3n) is 4.45. The Hall–Kier alpha value is -2.30. The average molecular weight is 301 g/mol. The molecule has 1 amide bonds. The predicted molar refractivity (Wildman–Crippen MR) is 80.2 cm³/mol. The highest BCUT2D eigenvalue weighted by molar-refractivity contribution is 5.82. The van der Waals surface area contributed by atoms with E-state index in [9.17, 15) is 14.7 Å². The van der Waals surface area contributed by atoms with E-state index in [0.29, 0.717) is 32.4 Å². The molecule has 1 aromatic rings. The van der Waals surface area contributed by atoms with Crippen molar-refractivity contribution in [2.75, 3.05) is 13.1 Å². The summed E-state index contributed by atoms with van der Waals surface area (Å²) < 4.78 is 5.29. The molecule has 5 nitrogen and oxygen atoms in total. The van der Waals surface area contributed by atoms with Gasteiger partial charge in [-0.1, -0.05) is 42.0 Å². The van der Waals surface area contributed by atoms with Gasteiger partial charge in [0.2, 0.25) is 0 Å². The van der Waals surface area contributed by atoms with Crippen LogP contribution in [0.4, 0.5) is 4.79 Å². The summed E-state index contributed by atoms with van der Waals surface area (Å²) in [6, 6.07) is 9.54. The van der Waals surface area contributed by atoms with Crippen LogP contribution in [0, 0.1) is 5.41 Å². The molecule has 116 valence electrons. The average Bonchev–Trinajstić information content (AvgIpc) is 3.36. The lowest BCUT2D eigenvalue weighted by Crippen LogP contribution is -2.37. The van der Waals surface area contributed by atoms with Crippen LogP contribution < -0.4 is 0 Å². The van der Waals surface area contributed by atoms with Gasteiger partial charge in [0, 0.05) is 13.1 Å². The van der Waals surface area contributed by atoms with Crippen molar-refractivity contribution in [3.63, 3.8) is 0 Å². The van der Waals surface area contributed by atoms with E-state index in [4.69, 9.17) is 4.74 Å². The minimum absolute atomic E-state index is 0.256. The van der Waals surface area contributed by atoms with Crippen LogP contribution in [0.2, 0.25) is 0 Å². The van der Waals surface area contributed by atoms with Gasteiger partial charge in [-0.15, -0.1) is 0 Å². The summed E-state index contributed by atoms with van der Waals surface area (Å²) >= 11 is 0. The highest BCUT2D eigenvalue weighted by Gasteiger charge is 2.53. The smallest absolute Gasteiger partial charge is 0.410 e. The number of carboxylic acid groups (broad SMARTS) is 1. The molecule has 2 aliphatic rings. The Balaban J connectivity index is 1.54. The summed E-state index contributed by atoms with van der Waals surface area (Å²) in [6.45, 7) is 1.21. The summed E-state index contributed by atoms with van der Waals surface area (Å²) in [4.78, 5) is 25.0. The minimum atomic E-state index is -0.737. The highest BCUT2D eigenvalue weighted by Crippen LogP contribution is 2.53. The predicted octanol–water partition coefficient (Wildman–Crippen LogP) is 2.82. The Bertz CT molecular complexity index is 604. The molecule has 1 saturated carbocycles. The van der Waals surface area contributed by atoms with E-state index in [1.165, 1.54) is 0 Å². The number of aliphatic carboxylic acids is 1. The lowest BCUT2D eigenvalue weighted by molar-refractivity contribution is -0.141. The van der Waals surface area contributed by atoms with Gasteiger partial charge in [-0.3, -0.25) is 4.79 Å². The molecule has 1 fully saturated rings. The molecule has 22 heavy (non-hydrogen) atoms. The lowest BCUT2D eigenvalue weighted by atomic mass is 9.91. The van der Waals surface area contributed by atoms with E-state index in [0.717, 1.165) is 11.1 Å². The summed E-state index contributed by atoms with van der Waals surface area (Å²) in [5.41, 5.74) is 1.28. The Morgan fingerprint density at radius 2 is 1.95 bits per heavy atom. The first-order chi connectivity index (χ1) is 10.6. The topological polar surface area (TPSA) is 66.8 Å². The Labute approximate surface area is 129 Å². The molecule has 0 radical (unpaired) electrons. The largest absolute Gasteiger partial charge is 0.481 e. The minimum Gasteiger partial charge on any atom is -0.481 e. The van der Waals surface area contributed by atoms with Crippen molar-refractivity contribution in [2.24, 2.45) is 5.41 Å². The number of rotatable bonds is 4. The molecule has 5 heteroatoms. The zero-order chi connectivity index (χ0) is 15.6. The van der Waals surface area contributed by atoms with Crippen LogP contribution in [0.15, 0.2) is 42.0 Å². The number of carbonyl (C=O) groups is 2. The molecule has 0 bridgehead atoms. The second kappa shape index (κ2) is 5.83. The van der Waals surface area contributed by atoms with E-state index in [-0.39, 0.29) is 12.7 Å². The lowest BCUT2D eigenvalue weighted by Gasteiger charge is -2.28. The van der Waals surface area contributed by atoms with Crippen LogP contribution in [-0.4, -0.2) is 35.2 Å². The van der Waals surface area contributed by atoms with E-state index >= 15 is 0 Å². The molecule has 1 aliphatic heterocycles. The maximum atomic E-state index is 12.0. The first-order valence-electron chi connectivity index (χ1n) is 7.50. The van der Waals surface area contributed by atoms with Crippen molar-refractivity contribution in [1.82, 2.24) is 4.90 Å². The van der Waals surface area contributed by atoms with Gasteiger partial charge < -0.3 is 14.7 Å². The number of hydrogen-bond donors (Lipinski definition) is 1. The number of ether oxygens (including phenoxy) is 1. The number of hydrogen-bond acceptors (Lipinski definition) is 3. The zero-order valence-corrected chi connectivity index (χ0v) is 12.3. The standard InChI is InChI=1S/C17H19NO4/c19-15(20)17(8-9-17)14-6-10-18(11-7-14)16(21)22-12-13-4-2-1-3-5-13/h1-6H,7-12H2,(H,19,20). The van der Waals surface area contributed by atoms with Crippen molar-refractivity contribution in [1.29, 1.82) is 0 Å². The number of amides is 1. The second-order valence-electron chi connectivity index (χ2n) is 5.85. The molecule has 1 aliphatic carbocycles. The quantitative estimate of drug-likeness (QED) is 0.868. The Kier molecular flexibility index (Phi) is 3.88. The molecule has 1 N–H and O–H groups in total. The zero-order valence-electron chi connectivity index (χ0n) is 12.3. The highest BCUT2D eigenvalue weighted by atomic mass is 16.6. The first-order valence-corrected chi connectivity index (χ1v) is 7.50. The van der Waals surface area contributed by atoms with E-state index in [1.54, 1.807) is 4.90 Å². The van der Waals surface area contributed by atoms with Gasteiger partial charge in [0.25, 0.3) is 0 Å². The van der Waals surface area contributed by atoms with Gasteiger partial charge >= 0.3 is 12.1 Å². The molecule has 0 saturated heterocycles. The van der Waals surface area contributed by atoms with Gasteiger partial charge in [-0.25, -0.2) is 4.79 Å². The first kappa shape index (κ1) is 14.6. The molecule has 3 rings (SSSR count). The van der Waals surface area contributed by atoms with E-state index < -0.39 is 11.4 Å². The van der Waals surface area contributed by atoms with Crippen LogP contribution in [0.1, 0.15) is 24.8 Å². The molecule has 0 spiro atoms. The van der Waals surface area contributed by atoms with Crippen molar-refractivity contribution < 1.29 is 19.4 Å². The summed E-state index contributed by atoms with van der Waals surface area (Å²) in [7, 11) is 0. The maximum Gasteiger partial charge on any atom is 0.410 e. The monoisotopic (exact) mass is 301 g/mol. The van der Waals surface area contributed by atoms with Gasteiger partial charge in [-0.05, 0) is 24.8 Å². The van der Waals surface area contributed by atoms with Crippen molar-refractivity contribution in [3.8, 4) is 0 Å². The van der Waals surface area contributed by atoms with Gasteiger partial charge in [0.1, 0.15) is 6.61 Å². The van der Waals surface area contributed by atoms with Gasteiger partial charge in [-0.2, -0.15) is 0 Å². The molecule has 1 aromatic carbocycles. The third-order valence-corrected chi connectivity index (χ3v) is 4.45. The fraction of sp³-hybridized carbons (Fsp3) is 0.412. The fourth-order valence-corrected chi connectivity index (χ4v) is 2.88. The van der Waals surface area contributed by atoms with Crippen LogP contribution >= 0.6 is 0 Å². The number of benzene rings is 1. The fourth-order valence-electron chi connectivity index (χ4n) is 2.88. The summed E-state index contributed by atoms with van der Waals surface area (Å²) in [5, 5.41) is 9.30. The van der Waals surface area contributed by atoms with E-state index in [1.807, 2.05) is 36.4 Å². The molecule has 0 atom stereocenters. The second-order valence-corrected chi connectivity index (χ2v) is 5.85. The van der Waals surface area contributed by atoms with E-state index in [2.05, 4.69) is 0 Å². The number of nitrogens with zero attached hydrogens (tertiary/aromatic N) is 1. The molecular weight excluding hydrogens is 282 g/mol. The Morgan fingerprint density at radius 1 is 1.23 bits per heavy atom. The molecule has 0 aromatic heterocycles. The van der Waals surface area contributed by atoms with Crippen LogP contribution in [0.5, 0.6) is 0 Å². The van der Waals surface area contributed by atoms with Gasteiger partial charge in [0.15, 0.2) is 0 Å². The molecule has 0 unspecified atom stereocenters. The van der Waals surface area contributed by atoms with Crippen molar-refractivity contribution in [2.45, 2.75) is 25.9 Å². The third kappa shape index (κ3) is 2.84. The summed E-state index contributed by atoms with van der Waals surface area (Å²) in [5.74, 6) is -0.737. The van der Waals surface area contributed by atoms with Crippen molar-refractivity contribution in [3.05, 3.63) is 47.5 Å². The van der Waals surface area contributed by atoms with Crippen LogP contribution in [0.3, 0.4) is 0 Å². The normalized spacial score (nSPS) is 19.3. The maximum absolute atomic E-state index is 12.0. The Morgan fingerprint density at radius 3 is 2.50 bits per heavy atom. The molecule has 1 heterocycles. The SMILES string of the molecule is O=C(OCc1ccccc1)N1CC=C(C2(C(=O)O)CC2)CC1. The molecular formula is C17H19NO4. The van der Waals surface area contributed by atoms with Crippen molar-refractivity contribution >= 4 is 12.1 Å². The van der Waals surface area contributed by atoms with Crippen LogP contribution in [0.25, 0.3) is 0 Å². The number of carbonyl (C=O) groups excluding carboxylic acids is 1. The summed E-state index contributed by atoms with van der Waals surface area (Å²) in [6.07, 6.45) is 3.58. The van der Waals surface area contributed by atoms with Crippen LogP contribution in [-0.2, 0) is 16.1 Å².